The van der Waals surface area contributed by atoms with Crippen molar-refractivity contribution in [2.45, 2.75) is 65.1 Å². The van der Waals surface area contributed by atoms with Crippen LogP contribution in [0.2, 0.25) is 0 Å². The lowest BCUT2D eigenvalue weighted by Gasteiger charge is -2.23. The molecule has 1 aromatic rings. The van der Waals surface area contributed by atoms with Crippen molar-refractivity contribution in [2.75, 3.05) is 13.7 Å². The number of hydrogen-bond donors (Lipinski definition) is 3. The van der Waals surface area contributed by atoms with E-state index in [1.165, 1.54) is 23.1 Å². The Morgan fingerprint density at radius 1 is 1.14 bits per heavy atom. The van der Waals surface area contributed by atoms with Gasteiger partial charge in [0.1, 0.15) is 18.5 Å². The van der Waals surface area contributed by atoms with Gasteiger partial charge >= 0.3 is 0 Å². The van der Waals surface area contributed by atoms with Crippen LogP contribution in [0, 0.1) is 6.92 Å². The van der Waals surface area contributed by atoms with Gasteiger partial charge in [-0.05, 0) is 55.9 Å². The Morgan fingerprint density at radius 3 is 2.41 bits per heavy atom. The molecule has 0 bridgehead atoms. The third-order valence-corrected chi connectivity index (χ3v) is 4.06. The number of hydrogen-bond acceptors (Lipinski definition) is 4. The number of ether oxygens (including phenoxy) is 1. The van der Waals surface area contributed by atoms with Gasteiger partial charge in [0.25, 0.3) is 0 Å². The van der Waals surface area contributed by atoms with E-state index < -0.39 is 6.10 Å². The number of aliphatic hydroxyl groups excluding tert-OH is 2. The minimum atomic E-state index is -0.490. The summed E-state index contributed by atoms with van der Waals surface area (Å²) in [5, 5.41) is 20.5. The second-order valence-corrected chi connectivity index (χ2v) is 6.18. The first-order valence-electron chi connectivity index (χ1n) is 8.12. The third kappa shape index (κ3) is 4.97. The maximum Gasteiger partial charge on any atom is 0.122 e. The minimum absolute atomic E-state index is 0.0356. The van der Waals surface area contributed by atoms with E-state index >= 15 is 0 Å². The molecule has 0 spiro atoms. The summed E-state index contributed by atoms with van der Waals surface area (Å²) in [6.45, 7) is 8.66. The quantitative estimate of drug-likeness (QED) is 0.754. The molecule has 1 aromatic carbocycles. The maximum absolute atomic E-state index is 10.1. The van der Waals surface area contributed by atoms with E-state index in [4.69, 9.17) is 9.84 Å². The van der Waals surface area contributed by atoms with E-state index in [1.807, 2.05) is 13.0 Å². The fraction of sp³-hybridized carbons (Fsp3) is 0.667. The fourth-order valence-electron chi connectivity index (χ4n) is 2.94. The highest BCUT2D eigenvalue weighted by Gasteiger charge is 2.20. The predicted octanol–water partition coefficient (Wildman–Crippen LogP) is 2.22. The molecule has 0 heterocycles. The van der Waals surface area contributed by atoms with E-state index in [2.05, 4.69) is 32.2 Å². The molecule has 2 unspecified atom stereocenters. The van der Waals surface area contributed by atoms with Crippen LogP contribution >= 0.6 is 0 Å². The standard InChI is InChI=1S/C17H27NO2.CH4O/c1-11(2)18-13(4)16(19)10-20-17-9-8-12(3)14-6-5-7-15(14)17;1-2/h8-9,11,13,16,18-19H,5-7,10H2,1-4H3;2H,1H3. The van der Waals surface area contributed by atoms with Gasteiger partial charge in [0.05, 0.1) is 0 Å². The fourth-order valence-corrected chi connectivity index (χ4v) is 2.94. The first-order valence-corrected chi connectivity index (χ1v) is 8.12. The summed E-state index contributed by atoms with van der Waals surface area (Å²) in [6.07, 6.45) is 2.98. The number of rotatable bonds is 6. The van der Waals surface area contributed by atoms with Crippen LogP contribution in [0.15, 0.2) is 12.1 Å². The Balaban J connectivity index is 0.00000116. The van der Waals surface area contributed by atoms with Gasteiger partial charge < -0.3 is 20.3 Å². The first-order chi connectivity index (χ1) is 10.5. The molecular formula is C18H31NO3. The zero-order valence-electron chi connectivity index (χ0n) is 14.5. The van der Waals surface area contributed by atoms with Crippen LogP contribution in [0.1, 0.15) is 43.9 Å². The minimum Gasteiger partial charge on any atom is -0.491 e. The Morgan fingerprint density at radius 2 is 1.77 bits per heavy atom. The SMILES string of the molecule is CO.Cc1ccc(OCC(O)C(C)NC(C)C)c2c1CCC2. The van der Waals surface area contributed by atoms with Gasteiger partial charge in [-0.1, -0.05) is 19.9 Å². The molecule has 4 nitrogen and oxygen atoms in total. The lowest BCUT2D eigenvalue weighted by atomic mass is 10.0. The van der Waals surface area contributed by atoms with Gasteiger partial charge in [0.15, 0.2) is 0 Å². The Kier molecular flexibility index (Phi) is 7.87. The van der Waals surface area contributed by atoms with Crippen LogP contribution in [0.3, 0.4) is 0 Å². The van der Waals surface area contributed by atoms with Crippen molar-refractivity contribution in [1.82, 2.24) is 5.32 Å². The van der Waals surface area contributed by atoms with E-state index in [0.29, 0.717) is 12.6 Å². The summed E-state index contributed by atoms with van der Waals surface area (Å²) in [6, 6.07) is 4.57. The van der Waals surface area contributed by atoms with Crippen molar-refractivity contribution >= 4 is 0 Å². The number of aryl methyl sites for hydroxylation is 1. The van der Waals surface area contributed by atoms with Crippen molar-refractivity contribution in [3.63, 3.8) is 0 Å². The molecule has 0 fully saturated rings. The summed E-state index contributed by atoms with van der Waals surface area (Å²) in [5.41, 5.74) is 4.16. The molecule has 22 heavy (non-hydrogen) atoms. The number of fused-ring (bicyclic) bond motifs is 1. The monoisotopic (exact) mass is 309 g/mol. The van der Waals surface area contributed by atoms with Gasteiger partial charge in [-0.2, -0.15) is 0 Å². The summed E-state index contributed by atoms with van der Waals surface area (Å²) in [5.74, 6) is 0.957. The molecule has 1 aliphatic carbocycles. The van der Waals surface area contributed by atoms with Gasteiger partial charge in [-0.3, -0.25) is 0 Å². The first kappa shape index (κ1) is 18.9. The normalized spacial score (nSPS) is 15.8. The molecule has 4 heteroatoms. The highest BCUT2D eigenvalue weighted by molar-refractivity contribution is 5.47. The lowest BCUT2D eigenvalue weighted by molar-refractivity contribution is 0.0755. The van der Waals surface area contributed by atoms with Crippen LogP contribution < -0.4 is 10.1 Å². The molecule has 0 amide bonds. The molecule has 0 saturated heterocycles. The van der Waals surface area contributed by atoms with Crippen LogP contribution in [0.5, 0.6) is 5.75 Å². The highest BCUT2D eigenvalue weighted by atomic mass is 16.5. The number of benzene rings is 1. The van der Waals surface area contributed by atoms with Crippen molar-refractivity contribution in [3.8, 4) is 5.75 Å². The average molecular weight is 309 g/mol. The van der Waals surface area contributed by atoms with Crippen LogP contribution in [-0.2, 0) is 12.8 Å². The van der Waals surface area contributed by atoms with Gasteiger partial charge in [0.2, 0.25) is 0 Å². The van der Waals surface area contributed by atoms with Gasteiger partial charge in [-0.15, -0.1) is 0 Å². The van der Waals surface area contributed by atoms with Crippen molar-refractivity contribution in [1.29, 1.82) is 0 Å². The topological polar surface area (TPSA) is 61.7 Å². The Hall–Kier alpha value is -1.10. The molecule has 0 aliphatic heterocycles. The number of nitrogens with one attached hydrogen (secondary N) is 1. The van der Waals surface area contributed by atoms with Crippen LogP contribution in [0.25, 0.3) is 0 Å². The van der Waals surface area contributed by atoms with Crippen LogP contribution in [-0.4, -0.2) is 42.1 Å². The van der Waals surface area contributed by atoms with Crippen molar-refractivity contribution in [2.24, 2.45) is 0 Å². The highest BCUT2D eigenvalue weighted by Crippen LogP contribution is 2.33. The molecule has 3 N–H and O–H groups in total. The van der Waals surface area contributed by atoms with E-state index in [0.717, 1.165) is 25.7 Å². The Bertz CT molecular complexity index is 460. The van der Waals surface area contributed by atoms with E-state index in [9.17, 15) is 5.11 Å². The summed E-state index contributed by atoms with van der Waals surface area (Å²) < 4.78 is 5.88. The van der Waals surface area contributed by atoms with Crippen molar-refractivity contribution in [3.05, 3.63) is 28.8 Å². The molecule has 126 valence electrons. The molecule has 1 aliphatic rings. The average Bonchev–Trinajstić information content (AvgIpc) is 2.98. The lowest BCUT2D eigenvalue weighted by Crippen LogP contribution is -2.43. The molecule has 2 rings (SSSR count). The zero-order valence-corrected chi connectivity index (χ0v) is 14.5. The summed E-state index contributed by atoms with van der Waals surface area (Å²) in [7, 11) is 1.00. The van der Waals surface area contributed by atoms with E-state index in [-0.39, 0.29) is 6.04 Å². The predicted molar refractivity (Wildman–Crippen MR) is 90.6 cm³/mol. The maximum atomic E-state index is 10.1. The molecule has 2 atom stereocenters. The zero-order chi connectivity index (χ0) is 16.7. The van der Waals surface area contributed by atoms with Gasteiger partial charge in [0, 0.05) is 19.2 Å². The molecule has 0 saturated carbocycles. The second kappa shape index (κ2) is 9.13. The smallest absolute Gasteiger partial charge is 0.122 e. The molecule has 0 radical (unpaired) electrons. The van der Waals surface area contributed by atoms with Crippen LogP contribution in [0.4, 0.5) is 0 Å². The third-order valence-electron chi connectivity index (χ3n) is 4.06. The van der Waals surface area contributed by atoms with Crippen molar-refractivity contribution < 1.29 is 14.9 Å². The van der Waals surface area contributed by atoms with Gasteiger partial charge in [-0.25, -0.2) is 0 Å². The molecular weight excluding hydrogens is 278 g/mol. The largest absolute Gasteiger partial charge is 0.491 e. The molecule has 0 aromatic heterocycles. The van der Waals surface area contributed by atoms with E-state index in [1.54, 1.807) is 0 Å². The second-order valence-electron chi connectivity index (χ2n) is 6.18. The Labute approximate surface area is 134 Å². The summed E-state index contributed by atoms with van der Waals surface area (Å²) in [4.78, 5) is 0. The summed E-state index contributed by atoms with van der Waals surface area (Å²) >= 11 is 0. The number of aliphatic hydroxyl groups is 2.